The van der Waals surface area contributed by atoms with Crippen molar-refractivity contribution in [2.24, 2.45) is 5.73 Å². The van der Waals surface area contributed by atoms with Gasteiger partial charge in [0.2, 0.25) is 0 Å². The molecule has 106 valence electrons. The van der Waals surface area contributed by atoms with Crippen molar-refractivity contribution in [2.75, 3.05) is 6.54 Å². The molecule has 0 atom stereocenters. The zero-order chi connectivity index (χ0) is 14.5. The highest BCUT2D eigenvalue weighted by Gasteiger charge is 2.10. The van der Waals surface area contributed by atoms with Gasteiger partial charge in [0.25, 0.3) is 5.69 Å². The SMILES string of the molecule is NCCCc1cn(Cc2ccc([N+](=O)[O-])cc2Cl)nn1. The molecule has 0 unspecified atom stereocenters. The van der Waals surface area contributed by atoms with Crippen LogP contribution in [0.2, 0.25) is 5.02 Å². The number of hydrogen-bond donors (Lipinski definition) is 1. The van der Waals surface area contributed by atoms with Crippen LogP contribution in [0.25, 0.3) is 0 Å². The minimum atomic E-state index is -0.476. The Kier molecular flexibility index (Phi) is 4.65. The Balaban J connectivity index is 2.09. The molecule has 0 spiro atoms. The predicted molar refractivity (Wildman–Crippen MR) is 74.6 cm³/mol. The Labute approximate surface area is 120 Å². The van der Waals surface area contributed by atoms with Crippen LogP contribution in [0.5, 0.6) is 0 Å². The molecule has 0 radical (unpaired) electrons. The summed E-state index contributed by atoms with van der Waals surface area (Å²) in [6.07, 6.45) is 3.47. The first kappa shape index (κ1) is 14.4. The molecule has 0 bridgehead atoms. The molecule has 0 saturated carbocycles. The first-order valence-corrected chi connectivity index (χ1v) is 6.50. The summed E-state index contributed by atoms with van der Waals surface area (Å²) in [5.41, 5.74) is 7.04. The molecule has 0 aliphatic carbocycles. The van der Waals surface area contributed by atoms with E-state index in [0.717, 1.165) is 24.1 Å². The first-order valence-electron chi connectivity index (χ1n) is 6.12. The van der Waals surface area contributed by atoms with E-state index in [-0.39, 0.29) is 5.69 Å². The molecule has 0 amide bonds. The van der Waals surface area contributed by atoms with E-state index in [1.807, 2.05) is 6.20 Å². The number of hydrogen-bond acceptors (Lipinski definition) is 5. The van der Waals surface area contributed by atoms with Crippen molar-refractivity contribution >= 4 is 17.3 Å². The Morgan fingerprint density at radius 2 is 2.25 bits per heavy atom. The van der Waals surface area contributed by atoms with Crippen LogP contribution >= 0.6 is 11.6 Å². The molecule has 2 rings (SSSR count). The van der Waals surface area contributed by atoms with Crippen molar-refractivity contribution < 1.29 is 4.92 Å². The monoisotopic (exact) mass is 295 g/mol. The highest BCUT2D eigenvalue weighted by molar-refractivity contribution is 6.31. The highest BCUT2D eigenvalue weighted by Crippen LogP contribution is 2.23. The van der Waals surface area contributed by atoms with Crippen molar-refractivity contribution in [1.29, 1.82) is 0 Å². The topological polar surface area (TPSA) is 99.9 Å². The lowest BCUT2D eigenvalue weighted by Crippen LogP contribution is -2.02. The number of rotatable bonds is 6. The number of nitro benzene ring substituents is 1. The Hall–Kier alpha value is -1.99. The van der Waals surface area contributed by atoms with E-state index in [0.29, 0.717) is 18.1 Å². The minimum Gasteiger partial charge on any atom is -0.330 e. The van der Waals surface area contributed by atoms with Crippen LogP contribution in [0.1, 0.15) is 17.7 Å². The standard InChI is InChI=1S/C12H14ClN5O2/c13-12-6-11(18(19)20)4-3-9(12)7-17-8-10(15-16-17)2-1-5-14/h3-4,6,8H,1-2,5,7,14H2. The average molecular weight is 296 g/mol. The van der Waals surface area contributed by atoms with E-state index in [1.165, 1.54) is 12.1 Å². The molecule has 0 saturated heterocycles. The minimum absolute atomic E-state index is 0.0269. The molecule has 1 aromatic heterocycles. The van der Waals surface area contributed by atoms with E-state index in [2.05, 4.69) is 10.3 Å². The van der Waals surface area contributed by atoms with Gasteiger partial charge in [-0.2, -0.15) is 0 Å². The fourth-order valence-corrected chi connectivity index (χ4v) is 2.00. The normalized spacial score (nSPS) is 10.7. The molecular weight excluding hydrogens is 282 g/mol. The molecule has 0 aliphatic rings. The number of benzene rings is 1. The molecule has 1 aromatic carbocycles. The van der Waals surface area contributed by atoms with Gasteiger partial charge in [-0.05, 0) is 31.0 Å². The van der Waals surface area contributed by atoms with Gasteiger partial charge in [0.05, 0.1) is 22.2 Å². The Bertz CT molecular complexity index is 614. The van der Waals surface area contributed by atoms with Crippen molar-refractivity contribution in [3.05, 3.63) is 50.8 Å². The van der Waals surface area contributed by atoms with Crippen molar-refractivity contribution in [1.82, 2.24) is 15.0 Å². The van der Waals surface area contributed by atoms with E-state index >= 15 is 0 Å². The van der Waals surface area contributed by atoms with Gasteiger partial charge >= 0.3 is 0 Å². The van der Waals surface area contributed by atoms with Gasteiger partial charge in [0.15, 0.2) is 0 Å². The number of halogens is 1. The maximum Gasteiger partial charge on any atom is 0.270 e. The van der Waals surface area contributed by atoms with Crippen molar-refractivity contribution in [3.63, 3.8) is 0 Å². The van der Waals surface area contributed by atoms with Gasteiger partial charge in [-0.25, -0.2) is 4.68 Å². The molecule has 1 heterocycles. The summed E-state index contributed by atoms with van der Waals surface area (Å²) >= 11 is 6.03. The van der Waals surface area contributed by atoms with Gasteiger partial charge in [-0.1, -0.05) is 16.8 Å². The lowest BCUT2D eigenvalue weighted by Gasteiger charge is -2.03. The first-order chi connectivity index (χ1) is 9.60. The number of aryl methyl sites for hydroxylation is 1. The molecular formula is C12H14ClN5O2. The second-order valence-corrected chi connectivity index (χ2v) is 4.74. The Morgan fingerprint density at radius 3 is 2.90 bits per heavy atom. The fraction of sp³-hybridized carbons (Fsp3) is 0.333. The van der Waals surface area contributed by atoms with Crippen molar-refractivity contribution in [2.45, 2.75) is 19.4 Å². The van der Waals surface area contributed by atoms with Gasteiger partial charge in [0.1, 0.15) is 0 Å². The number of aromatic nitrogens is 3. The number of nitro groups is 1. The van der Waals surface area contributed by atoms with E-state index in [9.17, 15) is 10.1 Å². The quantitative estimate of drug-likeness (QED) is 0.647. The summed E-state index contributed by atoms with van der Waals surface area (Å²) in [5, 5.41) is 19.0. The maximum atomic E-state index is 10.6. The smallest absolute Gasteiger partial charge is 0.270 e. The van der Waals surface area contributed by atoms with Crippen LogP contribution < -0.4 is 5.73 Å². The summed E-state index contributed by atoms with van der Waals surface area (Å²) in [5.74, 6) is 0. The van der Waals surface area contributed by atoms with Gasteiger partial charge < -0.3 is 5.73 Å². The van der Waals surface area contributed by atoms with Crippen LogP contribution in [0.3, 0.4) is 0 Å². The molecule has 2 N–H and O–H groups in total. The molecule has 7 nitrogen and oxygen atoms in total. The summed E-state index contributed by atoms with van der Waals surface area (Å²) in [6.45, 7) is 1.04. The highest BCUT2D eigenvalue weighted by atomic mass is 35.5. The largest absolute Gasteiger partial charge is 0.330 e. The third-order valence-electron chi connectivity index (χ3n) is 2.80. The second-order valence-electron chi connectivity index (χ2n) is 4.33. The van der Waals surface area contributed by atoms with E-state index < -0.39 is 4.92 Å². The zero-order valence-electron chi connectivity index (χ0n) is 10.7. The van der Waals surface area contributed by atoms with Crippen LogP contribution in [0.4, 0.5) is 5.69 Å². The van der Waals surface area contributed by atoms with Crippen LogP contribution in [0.15, 0.2) is 24.4 Å². The molecule has 8 heteroatoms. The fourth-order valence-electron chi connectivity index (χ4n) is 1.77. The van der Waals surface area contributed by atoms with Crippen LogP contribution in [-0.4, -0.2) is 26.5 Å². The number of non-ortho nitro benzene ring substituents is 1. The zero-order valence-corrected chi connectivity index (χ0v) is 11.5. The van der Waals surface area contributed by atoms with Crippen molar-refractivity contribution in [3.8, 4) is 0 Å². The van der Waals surface area contributed by atoms with Gasteiger partial charge in [-0.15, -0.1) is 5.10 Å². The van der Waals surface area contributed by atoms with Crippen LogP contribution in [0, 0.1) is 10.1 Å². The summed E-state index contributed by atoms with van der Waals surface area (Å²) < 4.78 is 1.65. The lowest BCUT2D eigenvalue weighted by atomic mass is 10.2. The summed E-state index contributed by atoms with van der Waals surface area (Å²) in [7, 11) is 0. The maximum absolute atomic E-state index is 10.6. The molecule has 0 fully saturated rings. The number of nitrogens with zero attached hydrogens (tertiary/aromatic N) is 4. The lowest BCUT2D eigenvalue weighted by molar-refractivity contribution is -0.384. The predicted octanol–water partition coefficient (Wildman–Crippen LogP) is 1.78. The van der Waals surface area contributed by atoms with Gasteiger partial charge in [0, 0.05) is 18.3 Å². The third-order valence-corrected chi connectivity index (χ3v) is 3.15. The van der Waals surface area contributed by atoms with E-state index in [4.69, 9.17) is 17.3 Å². The summed E-state index contributed by atoms with van der Waals surface area (Å²) in [6, 6.07) is 4.39. The Morgan fingerprint density at radius 1 is 1.45 bits per heavy atom. The molecule has 20 heavy (non-hydrogen) atoms. The average Bonchev–Trinajstić information content (AvgIpc) is 2.86. The molecule has 2 aromatic rings. The second kappa shape index (κ2) is 6.44. The van der Waals surface area contributed by atoms with E-state index in [1.54, 1.807) is 10.7 Å². The number of nitrogens with two attached hydrogens (primary N) is 1. The third kappa shape index (κ3) is 3.52. The van der Waals surface area contributed by atoms with Crippen LogP contribution in [-0.2, 0) is 13.0 Å². The molecule has 0 aliphatic heterocycles. The van der Waals surface area contributed by atoms with Gasteiger partial charge in [-0.3, -0.25) is 10.1 Å². The summed E-state index contributed by atoms with van der Waals surface area (Å²) in [4.78, 5) is 10.2.